The minimum absolute atomic E-state index is 0.000637. The Balaban J connectivity index is 1.93. The van der Waals surface area contributed by atoms with Crippen molar-refractivity contribution in [1.29, 1.82) is 0 Å². The first-order valence-corrected chi connectivity index (χ1v) is 6.64. The molecule has 0 saturated heterocycles. The third kappa shape index (κ3) is 3.70. The molecule has 5 heteroatoms. The maximum absolute atomic E-state index is 12.0. The van der Waals surface area contributed by atoms with Crippen LogP contribution in [0.5, 0.6) is 0 Å². The second kappa shape index (κ2) is 5.61. The molecule has 1 saturated carbocycles. The minimum atomic E-state index is -0.869. The van der Waals surface area contributed by atoms with E-state index in [-0.39, 0.29) is 18.7 Å². The molecule has 1 aromatic carbocycles. The zero-order chi connectivity index (χ0) is 13.9. The number of hydrogen-bond acceptors (Lipinski definition) is 2. The summed E-state index contributed by atoms with van der Waals surface area (Å²) in [5.41, 5.74) is 0.335. The average molecular weight is 282 g/mol. The van der Waals surface area contributed by atoms with Crippen molar-refractivity contribution < 1.29 is 14.7 Å². The number of halogens is 1. The molecule has 1 aliphatic rings. The lowest BCUT2D eigenvalue weighted by Crippen LogP contribution is -2.55. The molecule has 2 rings (SSSR count). The molecule has 0 unspecified atom stereocenters. The van der Waals surface area contributed by atoms with E-state index in [1.165, 1.54) is 0 Å². The highest BCUT2D eigenvalue weighted by molar-refractivity contribution is 6.30. The number of carbonyl (C=O) groups excluding carboxylic acids is 1. The van der Waals surface area contributed by atoms with Crippen LogP contribution < -0.4 is 5.32 Å². The molecule has 0 heterocycles. The molecule has 1 amide bonds. The summed E-state index contributed by atoms with van der Waals surface area (Å²) in [6.45, 7) is 0. The first kappa shape index (κ1) is 13.9. The van der Waals surface area contributed by atoms with Crippen LogP contribution in [-0.4, -0.2) is 22.5 Å². The molecule has 1 fully saturated rings. The van der Waals surface area contributed by atoms with E-state index in [2.05, 4.69) is 5.32 Å². The number of carboxylic acids is 1. The van der Waals surface area contributed by atoms with E-state index in [9.17, 15) is 9.59 Å². The van der Waals surface area contributed by atoms with Crippen LogP contribution in [0.25, 0.3) is 0 Å². The molecule has 19 heavy (non-hydrogen) atoms. The van der Waals surface area contributed by atoms with Gasteiger partial charge in [-0.3, -0.25) is 9.59 Å². The Labute approximate surface area is 116 Å². The summed E-state index contributed by atoms with van der Waals surface area (Å²) in [5, 5.41) is 12.4. The lowest BCUT2D eigenvalue weighted by atomic mass is 9.74. The van der Waals surface area contributed by atoms with E-state index in [0.717, 1.165) is 24.8 Å². The lowest BCUT2D eigenvalue weighted by molar-refractivity contribution is -0.140. The second-order valence-electron chi connectivity index (χ2n) is 5.06. The summed E-state index contributed by atoms with van der Waals surface area (Å²) in [7, 11) is 0. The van der Waals surface area contributed by atoms with E-state index in [1.807, 2.05) is 0 Å². The van der Waals surface area contributed by atoms with Crippen LogP contribution in [0.4, 0.5) is 0 Å². The van der Waals surface area contributed by atoms with Crippen molar-refractivity contribution in [3.63, 3.8) is 0 Å². The monoisotopic (exact) mass is 281 g/mol. The van der Waals surface area contributed by atoms with Crippen LogP contribution >= 0.6 is 11.6 Å². The predicted octanol–water partition coefficient (Wildman–Crippen LogP) is 2.40. The zero-order valence-corrected chi connectivity index (χ0v) is 11.2. The van der Waals surface area contributed by atoms with Gasteiger partial charge in [0.25, 0.3) is 0 Å². The summed E-state index contributed by atoms with van der Waals surface area (Å²) in [6, 6.07) is 7.07. The fourth-order valence-corrected chi connectivity index (χ4v) is 2.49. The fourth-order valence-electron chi connectivity index (χ4n) is 2.37. The minimum Gasteiger partial charge on any atom is -0.481 e. The summed E-state index contributed by atoms with van der Waals surface area (Å²) in [5.74, 6) is -1.00. The van der Waals surface area contributed by atoms with Crippen LogP contribution in [0.2, 0.25) is 5.02 Å². The molecule has 0 radical (unpaired) electrons. The van der Waals surface area contributed by atoms with Gasteiger partial charge in [0.15, 0.2) is 0 Å². The Morgan fingerprint density at radius 1 is 1.26 bits per heavy atom. The van der Waals surface area contributed by atoms with Gasteiger partial charge in [0.2, 0.25) is 5.91 Å². The average Bonchev–Trinajstić information content (AvgIpc) is 2.28. The number of aliphatic carboxylic acids is 1. The molecule has 4 nitrogen and oxygen atoms in total. The third-order valence-corrected chi connectivity index (χ3v) is 3.73. The van der Waals surface area contributed by atoms with Gasteiger partial charge in [-0.25, -0.2) is 0 Å². The highest BCUT2D eigenvalue weighted by atomic mass is 35.5. The number of carbonyl (C=O) groups is 2. The number of benzene rings is 1. The molecule has 2 N–H and O–H groups in total. The van der Waals surface area contributed by atoms with Gasteiger partial charge in [0.1, 0.15) is 0 Å². The molecule has 102 valence electrons. The Hall–Kier alpha value is -1.55. The predicted molar refractivity (Wildman–Crippen MR) is 72.1 cm³/mol. The van der Waals surface area contributed by atoms with Gasteiger partial charge in [0, 0.05) is 5.02 Å². The molecular weight excluding hydrogens is 266 g/mol. The molecule has 1 aliphatic carbocycles. The van der Waals surface area contributed by atoms with Gasteiger partial charge >= 0.3 is 5.97 Å². The molecule has 0 bridgehead atoms. The number of amides is 1. The van der Waals surface area contributed by atoms with Crippen molar-refractivity contribution >= 4 is 23.5 Å². The van der Waals surface area contributed by atoms with Gasteiger partial charge < -0.3 is 10.4 Å². The van der Waals surface area contributed by atoms with Crippen molar-refractivity contribution in [1.82, 2.24) is 5.32 Å². The largest absolute Gasteiger partial charge is 0.481 e. The number of hydrogen-bond donors (Lipinski definition) is 2. The molecular formula is C14H16ClNO3. The summed E-state index contributed by atoms with van der Waals surface area (Å²) in [4.78, 5) is 22.8. The Bertz CT molecular complexity index is 480. The molecule has 0 aromatic heterocycles. The van der Waals surface area contributed by atoms with Crippen molar-refractivity contribution in [2.24, 2.45) is 0 Å². The smallest absolute Gasteiger partial charge is 0.305 e. The molecule has 0 atom stereocenters. The Kier molecular flexibility index (Phi) is 4.10. The first-order chi connectivity index (χ1) is 8.99. The highest BCUT2D eigenvalue weighted by Gasteiger charge is 2.40. The first-order valence-electron chi connectivity index (χ1n) is 6.26. The van der Waals surface area contributed by atoms with Gasteiger partial charge in [-0.1, -0.05) is 23.7 Å². The standard InChI is InChI=1S/C14H16ClNO3/c15-11-4-2-10(3-5-11)8-12(17)16-14(6-1-7-14)9-13(18)19/h2-5H,1,6-9H2,(H,16,17)(H,18,19). The van der Waals surface area contributed by atoms with Crippen LogP contribution in [0.1, 0.15) is 31.2 Å². The van der Waals surface area contributed by atoms with Crippen molar-refractivity contribution in [2.75, 3.05) is 0 Å². The number of rotatable bonds is 5. The summed E-state index contributed by atoms with van der Waals surface area (Å²) < 4.78 is 0. The molecule has 0 spiro atoms. The van der Waals surface area contributed by atoms with Crippen LogP contribution in [0.3, 0.4) is 0 Å². The number of carboxylic acid groups (broad SMARTS) is 1. The zero-order valence-electron chi connectivity index (χ0n) is 10.5. The maximum atomic E-state index is 12.0. The van der Waals surface area contributed by atoms with Gasteiger partial charge in [0.05, 0.1) is 18.4 Å². The van der Waals surface area contributed by atoms with E-state index < -0.39 is 11.5 Å². The second-order valence-corrected chi connectivity index (χ2v) is 5.49. The van der Waals surface area contributed by atoms with E-state index in [4.69, 9.17) is 16.7 Å². The van der Waals surface area contributed by atoms with Crippen LogP contribution in [-0.2, 0) is 16.0 Å². The van der Waals surface area contributed by atoms with Crippen LogP contribution in [0.15, 0.2) is 24.3 Å². The Morgan fingerprint density at radius 2 is 1.89 bits per heavy atom. The van der Waals surface area contributed by atoms with Gasteiger partial charge in [-0.15, -0.1) is 0 Å². The normalized spacial score (nSPS) is 16.5. The summed E-state index contributed by atoms with van der Waals surface area (Å²) in [6.07, 6.45) is 2.70. The van der Waals surface area contributed by atoms with E-state index >= 15 is 0 Å². The Morgan fingerprint density at radius 3 is 2.37 bits per heavy atom. The fraction of sp³-hybridized carbons (Fsp3) is 0.429. The van der Waals surface area contributed by atoms with Gasteiger partial charge in [-0.2, -0.15) is 0 Å². The van der Waals surface area contributed by atoms with Gasteiger partial charge in [-0.05, 0) is 37.0 Å². The SMILES string of the molecule is O=C(O)CC1(NC(=O)Cc2ccc(Cl)cc2)CCC1. The van der Waals surface area contributed by atoms with Crippen molar-refractivity contribution in [2.45, 2.75) is 37.6 Å². The van der Waals surface area contributed by atoms with E-state index in [0.29, 0.717) is 5.02 Å². The summed E-state index contributed by atoms with van der Waals surface area (Å²) >= 11 is 5.78. The molecule has 0 aliphatic heterocycles. The van der Waals surface area contributed by atoms with Crippen molar-refractivity contribution in [3.05, 3.63) is 34.9 Å². The maximum Gasteiger partial charge on any atom is 0.305 e. The topological polar surface area (TPSA) is 66.4 Å². The van der Waals surface area contributed by atoms with Crippen LogP contribution in [0, 0.1) is 0 Å². The van der Waals surface area contributed by atoms with Crippen molar-refractivity contribution in [3.8, 4) is 0 Å². The molecule has 1 aromatic rings. The highest BCUT2D eigenvalue weighted by Crippen LogP contribution is 2.34. The number of nitrogens with one attached hydrogen (secondary N) is 1. The van der Waals surface area contributed by atoms with E-state index in [1.54, 1.807) is 24.3 Å². The quantitative estimate of drug-likeness (QED) is 0.871. The lowest BCUT2D eigenvalue weighted by Gasteiger charge is -2.41. The third-order valence-electron chi connectivity index (χ3n) is 3.48.